The van der Waals surface area contributed by atoms with E-state index < -0.39 is 10.8 Å². The highest BCUT2D eigenvalue weighted by molar-refractivity contribution is 7.80. The highest BCUT2D eigenvalue weighted by Gasteiger charge is 2.15. The molecule has 0 saturated heterocycles. The van der Waals surface area contributed by atoms with Crippen molar-refractivity contribution < 1.29 is 14.5 Å². The number of unbranched alkanes of at least 4 members (excludes halogenated alkanes) is 2. The summed E-state index contributed by atoms with van der Waals surface area (Å²) in [4.78, 5) is 23.1. The Morgan fingerprint density at radius 3 is 2.68 bits per heavy atom. The summed E-state index contributed by atoms with van der Waals surface area (Å²) >= 11 is 5.17. The maximum absolute atomic E-state index is 12.6. The van der Waals surface area contributed by atoms with Crippen molar-refractivity contribution in [3.05, 3.63) is 63.7 Å². The predicted octanol–water partition coefficient (Wildman–Crippen LogP) is 4.60. The lowest BCUT2D eigenvalue weighted by molar-refractivity contribution is -0.385. The number of hydrogen-bond donors (Lipinski definition) is 2. The molecule has 1 amide bonds. The van der Waals surface area contributed by atoms with Gasteiger partial charge in [-0.25, -0.2) is 0 Å². The van der Waals surface area contributed by atoms with E-state index in [1.807, 2.05) is 0 Å². The van der Waals surface area contributed by atoms with E-state index in [1.54, 1.807) is 43.3 Å². The summed E-state index contributed by atoms with van der Waals surface area (Å²) in [6.07, 6.45) is 3.06. The van der Waals surface area contributed by atoms with Crippen LogP contribution in [-0.2, 0) is 0 Å². The summed E-state index contributed by atoms with van der Waals surface area (Å²) < 4.78 is 5.72. The van der Waals surface area contributed by atoms with Crippen LogP contribution in [0, 0.1) is 17.0 Å². The standard InChI is InChI=1S/C20H23N3O4S/c1-3-4-7-12-27-18-9-6-5-8-16(18)19(24)22-20(28)21-15-11-10-14(2)17(13-15)23(25)26/h5-6,8-11,13H,3-4,7,12H2,1-2H3,(H2,21,22,24,28). The molecule has 0 heterocycles. The maximum Gasteiger partial charge on any atom is 0.274 e. The van der Waals surface area contributed by atoms with Gasteiger partial charge in [0.25, 0.3) is 11.6 Å². The Labute approximate surface area is 169 Å². The quantitative estimate of drug-likeness (QED) is 0.291. The molecule has 0 aromatic heterocycles. The molecule has 0 unspecified atom stereocenters. The summed E-state index contributed by atoms with van der Waals surface area (Å²) in [5.41, 5.74) is 1.31. The minimum Gasteiger partial charge on any atom is -0.493 e. The number of amides is 1. The highest BCUT2D eigenvalue weighted by atomic mass is 32.1. The van der Waals surface area contributed by atoms with E-state index in [1.165, 1.54) is 6.07 Å². The number of benzene rings is 2. The van der Waals surface area contributed by atoms with Gasteiger partial charge in [0, 0.05) is 17.3 Å². The Hall–Kier alpha value is -3.00. The van der Waals surface area contributed by atoms with Crippen molar-refractivity contribution in [2.24, 2.45) is 0 Å². The number of rotatable bonds is 8. The molecular formula is C20H23N3O4S. The molecule has 2 aromatic carbocycles. The van der Waals surface area contributed by atoms with Gasteiger partial charge in [-0.05, 0) is 43.8 Å². The van der Waals surface area contributed by atoms with Crippen LogP contribution in [0.2, 0.25) is 0 Å². The third kappa shape index (κ3) is 6.02. The summed E-state index contributed by atoms with van der Waals surface area (Å²) in [7, 11) is 0. The number of anilines is 1. The molecular weight excluding hydrogens is 378 g/mol. The first-order chi connectivity index (χ1) is 13.4. The van der Waals surface area contributed by atoms with Gasteiger partial charge in [-0.2, -0.15) is 0 Å². The van der Waals surface area contributed by atoms with Crippen LogP contribution in [0.5, 0.6) is 5.75 Å². The molecule has 0 atom stereocenters. The van der Waals surface area contributed by atoms with Crippen molar-refractivity contribution in [3.8, 4) is 5.75 Å². The highest BCUT2D eigenvalue weighted by Crippen LogP contribution is 2.22. The van der Waals surface area contributed by atoms with E-state index in [0.717, 1.165) is 19.3 Å². The average molecular weight is 401 g/mol. The van der Waals surface area contributed by atoms with Crippen LogP contribution in [0.15, 0.2) is 42.5 Å². The minimum atomic E-state index is -0.464. The number of nitro benzene ring substituents is 1. The Morgan fingerprint density at radius 1 is 1.21 bits per heavy atom. The molecule has 0 saturated carbocycles. The van der Waals surface area contributed by atoms with Crippen LogP contribution in [0.1, 0.15) is 42.1 Å². The Kier molecular flexibility index (Phi) is 7.88. The number of carbonyl (C=O) groups excluding carboxylic acids is 1. The first-order valence-electron chi connectivity index (χ1n) is 9.01. The molecule has 0 aliphatic rings. The van der Waals surface area contributed by atoms with E-state index in [-0.39, 0.29) is 10.8 Å². The number of thiocarbonyl (C=S) groups is 1. The predicted molar refractivity (Wildman–Crippen MR) is 113 cm³/mol. The molecule has 2 N–H and O–H groups in total. The number of nitrogens with one attached hydrogen (secondary N) is 2. The van der Waals surface area contributed by atoms with Crippen molar-refractivity contribution in [1.29, 1.82) is 0 Å². The number of nitrogens with zero attached hydrogens (tertiary/aromatic N) is 1. The average Bonchev–Trinajstić information content (AvgIpc) is 2.66. The fourth-order valence-electron chi connectivity index (χ4n) is 2.53. The lowest BCUT2D eigenvalue weighted by atomic mass is 10.2. The molecule has 0 fully saturated rings. The van der Waals surface area contributed by atoms with E-state index in [4.69, 9.17) is 17.0 Å². The molecule has 0 aliphatic carbocycles. The fourth-order valence-corrected chi connectivity index (χ4v) is 2.74. The molecule has 7 nitrogen and oxygen atoms in total. The van der Waals surface area contributed by atoms with Gasteiger partial charge < -0.3 is 10.1 Å². The van der Waals surface area contributed by atoms with Gasteiger partial charge in [-0.15, -0.1) is 0 Å². The van der Waals surface area contributed by atoms with Crippen molar-refractivity contribution in [2.45, 2.75) is 33.1 Å². The molecule has 28 heavy (non-hydrogen) atoms. The minimum absolute atomic E-state index is 0.0232. The zero-order chi connectivity index (χ0) is 20.5. The third-order valence-corrected chi connectivity index (χ3v) is 4.23. The van der Waals surface area contributed by atoms with Gasteiger partial charge in [-0.1, -0.05) is 38.0 Å². The number of aryl methyl sites for hydroxylation is 1. The Morgan fingerprint density at radius 2 is 1.96 bits per heavy atom. The number of hydrogen-bond acceptors (Lipinski definition) is 5. The second-order valence-corrected chi connectivity index (χ2v) is 6.63. The van der Waals surface area contributed by atoms with Gasteiger partial charge in [0.1, 0.15) is 5.75 Å². The summed E-state index contributed by atoms with van der Waals surface area (Å²) in [6.45, 7) is 4.30. The van der Waals surface area contributed by atoms with Gasteiger partial charge >= 0.3 is 0 Å². The van der Waals surface area contributed by atoms with Crippen LogP contribution in [0.3, 0.4) is 0 Å². The van der Waals surface area contributed by atoms with Gasteiger partial charge in [-0.3, -0.25) is 20.2 Å². The van der Waals surface area contributed by atoms with Crippen LogP contribution in [0.25, 0.3) is 0 Å². The second kappa shape index (κ2) is 10.4. The fraction of sp³-hybridized carbons (Fsp3) is 0.300. The molecule has 2 rings (SSSR count). The van der Waals surface area contributed by atoms with Crippen molar-refractivity contribution in [3.63, 3.8) is 0 Å². The van der Waals surface area contributed by atoms with Crippen LogP contribution in [0.4, 0.5) is 11.4 Å². The van der Waals surface area contributed by atoms with Crippen LogP contribution in [-0.4, -0.2) is 22.5 Å². The van der Waals surface area contributed by atoms with Crippen LogP contribution >= 0.6 is 12.2 Å². The molecule has 0 spiro atoms. The molecule has 8 heteroatoms. The zero-order valence-corrected chi connectivity index (χ0v) is 16.7. The summed E-state index contributed by atoms with van der Waals surface area (Å²) in [6, 6.07) is 11.6. The van der Waals surface area contributed by atoms with Crippen molar-refractivity contribution >= 4 is 34.6 Å². The third-order valence-electron chi connectivity index (χ3n) is 4.03. The monoisotopic (exact) mass is 401 g/mol. The first-order valence-corrected chi connectivity index (χ1v) is 9.42. The normalized spacial score (nSPS) is 10.2. The lowest BCUT2D eigenvalue weighted by Crippen LogP contribution is -2.34. The molecule has 2 aromatic rings. The zero-order valence-electron chi connectivity index (χ0n) is 15.9. The first kappa shape index (κ1) is 21.3. The Bertz CT molecular complexity index is 870. The van der Waals surface area contributed by atoms with Gasteiger partial charge in [0.15, 0.2) is 5.11 Å². The van der Waals surface area contributed by atoms with E-state index in [2.05, 4.69) is 17.6 Å². The van der Waals surface area contributed by atoms with Gasteiger partial charge in [0.05, 0.1) is 17.1 Å². The summed E-state index contributed by atoms with van der Waals surface area (Å²) in [5, 5.41) is 16.5. The summed E-state index contributed by atoms with van der Waals surface area (Å²) in [5.74, 6) is 0.0788. The molecule has 0 radical (unpaired) electrons. The topological polar surface area (TPSA) is 93.5 Å². The lowest BCUT2D eigenvalue weighted by Gasteiger charge is -2.13. The van der Waals surface area contributed by atoms with E-state index >= 15 is 0 Å². The van der Waals surface area contributed by atoms with Crippen LogP contribution < -0.4 is 15.4 Å². The number of para-hydroxylation sites is 1. The van der Waals surface area contributed by atoms with Crippen molar-refractivity contribution in [1.82, 2.24) is 5.32 Å². The Balaban J connectivity index is 2.02. The van der Waals surface area contributed by atoms with E-state index in [9.17, 15) is 14.9 Å². The SMILES string of the molecule is CCCCCOc1ccccc1C(=O)NC(=S)Nc1ccc(C)c([N+](=O)[O-])c1. The number of carbonyl (C=O) groups is 1. The molecule has 148 valence electrons. The maximum atomic E-state index is 12.6. The largest absolute Gasteiger partial charge is 0.493 e. The molecule has 0 aliphatic heterocycles. The van der Waals surface area contributed by atoms with Gasteiger partial charge in [0.2, 0.25) is 0 Å². The number of nitro groups is 1. The van der Waals surface area contributed by atoms with E-state index in [0.29, 0.717) is 29.2 Å². The smallest absolute Gasteiger partial charge is 0.274 e. The van der Waals surface area contributed by atoms with Crippen molar-refractivity contribution in [2.75, 3.05) is 11.9 Å². The number of ether oxygens (including phenoxy) is 1. The second-order valence-electron chi connectivity index (χ2n) is 6.22. The molecule has 0 bridgehead atoms.